The van der Waals surface area contributed by atoms with Crippen molar-refractivity contribution in [3.63, 3.8) is 0 Å². The zero-order valence-electron chi connectivity index (χ0n) is 20.2. The number of sulfonamides is 1. The largest absolute Gasteiger partial charge is 0.493 e. The summed E-state index contributed by atoms with van der Waals surface area (Å²) in [6.45, 7) is 0. The Balaban J connectivity index is 1.28. The Morgan fingerprint density at radius 1 is 0.737 bits per heavy atom. The average molecular weight is 532 g/mol. The van der Waals surface area contributed by atoms with Crippen LogP contribution in [0.2, 0.25) is 0 Å². The van der Waals surface area contributed by atoms with Crippen molar-refractivity contribution in [2.24, 2.45) is 0 Å². The second-order valence-corrected chi connectivity index (χ2v) is 9.38. The van der Waals surface area contributed by atoms with E-state index in [-0.39, 0.29) is 10.8 Å². The summed E-state index contributed by atoms with van der Waals surface area (Å²) in [4.78, 5) is 25.1. The molecule has 0 aliphatic rings. The highest BCUT2D eigenvalue weighted by molar-refractivity contribution is 7.92. The molecule has 2 aromatic carbocycles. The summed E-state index contributed by atoms with van der Waals surface area (Å²) < 4.78 is 38.1. The van der Waals surface area contributed by atoms with Crippen molar-refractivity contribution < 1.29 is 17.9 Å². The van der Waals surface area contributed by atoms with E-state index in [9.17, 15) is 8.42 Å². The molecule has 5 rings (SSSR count). The molecule has 0 fully saturated rings. The maximum Gasteiger partial charge on any atom is 0.264 e. The fourth-order valence-electron chi connectivity index (χ4n) is 3.46. The van der Waals surface area contributed by atoms with Crippen molar-refractivity contribution in [3.8, 4) is 11.5 Å². The maximum atomic E-state index is 12.5. The molecule has 0 saturated heterocycles. The summed E-state index contributed by atoms with van der Waals surface area (Å²) in [6, 6.07) is 11.3. The van der Waals surface area contributed by atoms with Crippen molar-refractivity contribution in [2.45, 2.75) is 4.90 Å². The first-order chi connectivity index (χ1) is 18.4. The maximum absolute atomic E-state index is 12.5. The minimum absolute atomic E-state index is 0.00521. The standard InChI is InChI=1S/C24H21N9O4S/c1-36-20-10-18-19(11-21(20)37-2)29-14-30-22(18)32-23-27-12-16(13-28-23)31-15-4-6-17(7-5-15)38(34,35)33-24-25-8-3-9-26-24/h3-14,31H,1-2H3,(H,25,26,33)(H,27,28,29,30,32). The third-order valence-electron chi connectivity index (χ3n) is 5.27. The molecular weight excluding hydrogens is 510 g/mol. The topological polar surface area (TPSA) is 166 Å². The van der Waals surface area contributed by atoms with Crippen LogP contribution in [-0.4, -0.2) is 52.5 Å². The number of aromatic nitrogens is 6. The number of fused-ring (bicyclic) bond motifs is 1. The highest BCUT2D eigenvalue weighted by atomic mass is 32.2. The summed E-state index contributed by atoms with van der Waals surface area (Å²) >= 11 is 0. The molecular formula is C24H21N9O4S. The van der Waals surface area contributed by atoms with Crippen LogP contribution in [0, 0.1) is 0 Å². The van der Waals surface area contributed by atoms with Crippen LogP contribution >= 0.6 is 0 Å². The molecule has 0 spiro atoms. The van der Waals surface area contributed by atoms with Crippen LogP contribution in [0.1, 0.15) is 0 Å². The molecule has 5 aromatic rings. The predicted molar refractivity (Wildman–Crippen MR) is 141 cm³/mol. The van der Waals surface area contributed by atoms with E-state index in [1.54, 1.807) is 56.9 Å². The number of anilines is 5. The minimum Gasteiger partial charge on any atom is -0.493 e. The van der Waals surface area contributed by atoms with Gasteiger partial charge in [0.1, 0.15) is 12.1 Å². The van der Waals surface area contributed by atoms with Crippen molar-refractivity contribution in [2.75, 3.05) is 29.6 Å². The van der Waals surface area contributed by atoms with E-state index in [2.05, 4.69) is 45.3 Å². The van der Waals surface area contributed by atoms with Crippen molar-refractivity contribution in [1.82, 2.24) is 29.9 Å². The van der Waals surface area contributed by atoms with Gasteiger partial charge in [-0.15, -0.1) is 0 Å². The summed E-state index contributed by atoms with van der Waals surface area (Å²) in [5.74, 6) is 1.92. The Morgan fingerprint density at radius 2 is 1.42 bits per heavy atom. The number of rotatable bonds is 9. The number of methoxy groups -OCH3 is 2. The zero-order chi connectivity index (χ0) is 26.5. The van der Waals surface area contributed by atoms with Crippen LogP contribution in [0.15, 0.2) is 78.5 Å². The van der Waals surface area contributed by atoms with Gasteiger partial charge in [-0.2, -0.15) is 0 Å². The molecule has 0 saturated carbocycles. The van der Waals surface area contributed by atoms with Gasteiger partial charge >= 0.3 is 0 Å². The van der Waals surface area contributed by atoms with Crippen LogP contribution in [-0.2, 0) is 10.0 Å². The molecule has 0 aliphatic carbocycles. The lowest BCUT2D eigenvalue weighted by Crippen LogP contribution is -2.14. The second kappa shape index (κ2) is 10.5. The van der Waals surface area contributed by atoms with Crippen molar-refractivity contribution in [1.29, 1.82) is 0 Å². The quantitative estimate of drug-likeness (QED) is 0.254. The number of hydrogen-bond donors (Lipinski definition) is 3. The van der Waals surface area contributed by atoms with Gasteiger partial charge in [-0.05, 0) is 36.4 Å². The first-order valence-electron chi connectivity index (χ1n) is 11.1. The van der Waals surface area contributed by atoms with E-state index in [1.165, 1.54) is 30.9 Å². The smallest absolute Gasteiger partial charge is 0.264 e. The summed E-state index contributed by atoms with van der Waals surface area (Å²) in [7, 11) is -0.712. The van der Waals surface area contributed by atoms with Gasteiger partial charge in [-0.1, -0.05) is 0 Å². The number of benzene rings is 2. The normalized spacial score (nSPS) is 11.1. The molecule has 0 atom stereocenters. The summed E-state index contributed by atoms with van der Waals surface area (Å²) in [5.41, 5.74) is 1.91. The number of nitrogens with zero attached hydrogens (tertiary/aromatic N) is 6. The third kappa shape index (κ3) is 5.34. The molecule has 14 heteroatoms. The molecule has 3 N–H and O–H groups in total. The van der Waals surface area contributed by atoms with Gasteiger partial charge in [0.25, 0.3) is 10.0 Å². The van der Waals surface area contributed by atoms with E-state index in [4.69, 9.17) is 9.47 Å². The summed E-state index contributed by atoms with van der Waals surface area (Å²) in [6.07, 6.45) is 7.50. The Bertz CT molecular complexity index is 1670. The Labute approximate surface area is 217 Å². The summed E-state index contributed by atoms with van der Waals surface area (Å²) in [5, 5.41) is 6.93. The van der Waals surface area contributed by atoms with Crippen LogP contribution in [0.5, 0.6) is 11.5 Å². The lowest BCUT2D eigenvalue weighted by molar-refractivity contribution is 0.356. The molecule has 13 nitrogen and oxygen atoms in total. The number of hydrogen-bond acceptors (Lipinski definition) is 12. The Kier molecular flexibility index (Phi) is 6.78. The Hall–Kier alpha value is -5.11. The van der Waals surface area contributed by atoms with Crippen LogP contribution in [0.3, 0.4) is 0 Å². The van der Waals surface area contributed by atoms with Gasteiger partial charge < -0.3 is 20.1 Å². The highest BCUT2D eigenvalue weighted by Crippen LogP contribution is 2.34. The Morgan fingerprint density at radius 3 is 2.11 bits per heavy atom. The van der Waals surface area contributed by atoms with E-state index < -0.39 is 10.0 Å². The number of nitrogens with one attached hydrogen (secondary N) is 3. The van der Waals surface area contributed by atoms with Gasteiger partial charge in [0, 0.05) is 29.5 Å². The van der Waals surface area contributed by atoms with E-state index >= 15 is 0 Å². The minimum atomic E-state index is -3.82. The predicted octanol–water partition coefficient (Wildman–Crippen LogP) is 3.52. The molecule has 0 unspecified atom stereocenters. The SMILES string of the molecule is COc1cc2ncnc(Nc3ncc(Nc4ccc(S(=O)(=O)Nc5ncccn5)cc4)cn3)c2cc1OC. The molecule has 38 heavy (non-hydrogen) atoms. The van der Waals surface area contributed by atoms with E-state index in [1.807, 2.05) is 0 Å². The number of ether oxygens (including phenoxy) is 2. The van der Waals surface area contributed by atoms with Gasteiger partial charge in [0.15, 0.2) is 11.5 Å². The van der Waals surface area contributed by atoms with Gasteiger partial charge in [-0.25, -0.2) is 43.0 Å². The molecule has 0 radical (unpaired) electrons. The molecule has 0 amide bonds. The van der Waals surface area contributed by atoms with E-state index in [0.29, 0.717) is 45.5 Å². The lowest BCUT2D eigenvalue weighted by atomic mass is 10.2. The van der Waals surface area contributed by atoms with Gasteiger partial charge in [0.2, 0.25) is 11.9 Å². The zero-order valence-corrected chi connectivity index (χ0v) is 21.0. The van der Waals surface area contributed by atoms with Crippen molar-refractivity contribution in [3.05, 3.63) is 73.6 Å². The molecule has 0 aliphatic heterocycles. The molecule has 3 aromatic heterocycles. The van der Waals surface area contributed by atoms with Crippen LogP contribution in [0.4, 0.5) is 29.1 Å². The van der Waals surface area contributed by atoms with Crippen molar-refractivity contribution >= 4 is 50.0 Å². The van der Waals surface area contributed by atoms with Crippen LogP contribution < -0.4 is 24.8 Å². The lowest BCUT2D eigenvalue weighted by Gasteiger charge is -2.12. The van der Waals surface area contributed by atoms with Gasteiger partial charge in [-0.3, -0.25) is 0 Å². The average Bonchev–Trinajstić information content (AvgIpc) is 2.94. The molecule has 192 valence electrons. The first-order valence-corrected chi connectivity index (χ1v) is 12.6. The third-order valence-corrected chi connectivity index (χ3v) is 6.61. The molecule has 3 heterocycles. The van der Waals surface area contributed by atoms with Gasteiger partial charge in [0.05, 0.1) is 42.7 Å². The fourth-order valence-corrected chi connectivity index (χ4v) is 4.42. The highest BCUT2D eigenvalue weighted by Gasteiger charge is 2.15. The second-order valence-electron chi connectivity index (χ2n) is 7.69. The van der Waals surface area contributed by atoms with E-state index in [0.717, 1.165) is 0 Å². The fraction of sp³-hybridized carbons (Fsp3) is 0.0833. The first kappa shape index (κ1) is 24.6. The molecule has 0 bridgehead atoms. The van der Waals surface area contributed by atoms with Crippen LogP contribution in [0.25, 0.3) is 10.9 Å². The monoisotopic (exact) mass is 531 g/mol.